The van der Waals surface area contributed by atoms with Crippen molar-refractivity contribution in [3.05, 3.63) is 70.3 Å². The van der Waals surface area contributed by atoms with Crippen LogP contribution in [0.2, 0.25) is 10.0 Å². The predicted molar refractivity (Wildman–Crippen MR) is 147 cm³/mol. The molecule has 0 atom stereocenters. The van der Waals surface area contributed by atoms with E-state index in [0.29, 0.717) is 22.9 Å². The Morgan fingerprint density at radius 3 is 2.16 bits per heavy atom. The minimum atomic E-state index is -4.09. The van der Waals surface area contributed by atoms with Crippen molar-refractivity contribution in [1.29, 1.82) is 0 Å². The van der Waals surface area contributed by atoms with E-state index >= 15 is 0 Å². The Kier molecular flexibility index (Phi) is 9.65. The number of hydrogen-bond acceptors (Lipinski definition) is 7. The summed E-state index contributed by atoms with van der Waals surface area (Å²) in [5, 5.41) is 0.237. The van der Waals surface area contributed by atoms with Crippen molar-refractivity contribution in [2.45, 2.75) is 46.8 Å². The second-order valence-corrected chi connectivity index (χ2v) is 13.2. The maximum atomic E-state index is 12.8. The van der Waals surface area contributed by atoms with Crippen LogP contribution in [0.3, 0.4) is 0 Å². The van der Waals surface area contributed by atoms with E-state index in [-0.39, 0.29) is 43.6 Å². The average Bonchev–Trinajstić information content (AvgIpc) is 2.85. The molecule has 8 nitrogen and oxygen atoms in total. The smallest absolute Gasteiger partial charge is 0.264 e. The molecule has 0 aliphatic heterocycles. The summed E-state index contributed by atoms with van der Waals surface area (Å²) in [6.07, 6.45) is 0.154. The second-order valence-electron chi connectivity index (χ2n) is 7.66. The maximum Gasteiger partial charge on any atom is 0.264 e. The van der Waals surface area contributed by atoms with Crippen LogP contribution in [0.5, 0.6) is 0 Å². The molecule has 1 heterocycles. The number of carbonyl (C=O) groups excluding carboxylic acids is 1. The number of nitrogens with one attached hydrogen (secondary N) is 1. The van der Waals surface area contributed by atoms with E-state index in [1.54, 1.807) is 39.0 Å². The fraction of sp³-hybridized carbons (Fsp3) is 0.250. The fourth-order valence-corrected chi connectivity index (χ4v) is 7.51. The van der Waals surface area contributed by atoms with Crippen LogP contribution >= 0.6 is 35.0 Å². The quantitative estimate of drug-likeness (QED) is 0.269. The molecule has 0 amide bonds. The Hall–Kier alpha value is -2.15. The zero-order valence-electron chi connectivity index (χ0n) is 20.2. The minimum absolute atomic E-state index is 0.0483. The van der Waals surface area contributed by atoms with E-state index < -0.39 is 20.0 Å². The largest absolute Gasteiger partial charge is 0.292 e. The lowest BCUT2D eigenvalue weighted by atomic mass is 10.2. The van der Waals surface area contributed by atoms with Crippen LogP contribution in [0.25, 0.3) is 0 Å². The molecule has 0 unspecified atom stereocenters. The molecule has 198 valence electrons. The van der Waals surface area contributed by atoms with Crippen LogP contribution in [-0.4, -0.2) is 45.0 Å². The van der Waals surface area contributed by atoms with Gasteiger partial charge in [-0.15, -0.1) is 0 Å². The summed E-state index contributed by atoms with van der Waals surface area (Å²) in [6.45, 7) is 5.96. The lowest BCUT2D eigenvalue weighted by molar-refractivity contribution is 0.0980. The van der Waals surface area contributed by atoms with Crippen molar-refractivity contribution in [2.75, 3.05) is 17.8 Å². The Bertz CT molecular complexity index is 1510. The van der Waals surface area contributed by atoms with Gasteiger partial charge in [-0.1, -0.05) is 55.7 Å². The highest BCUT2D eigenvalue weighted by atomic mass is 35.5. The second kappa shape index (κ2) is 12.1. The molecule has 0 fully saturated rings. The fourth-order valence-electron chi connectivity index (χ4n) is 3.36. The Labute approximate surface area is 231 Å². The molecule has 2 aromatic carbocycles. The van der Waals surface area contributed by atoms with Gasteiger partial charge in [0.05, 0.1) is 9.92 Å². The molecule has 3 aromatic rings. The summed E-state index contributed by atoms with van der Waals surface area (Å²) in [7, 11) is -7.69. The summed E-state index contributed by atoms with van der Waals surface area (Å²) in [5.41, 5.74) is 0.0924. The summed E-state index contributed by atoms with van der Waals surface area (Å²) in [5.74, 6) is -0.332. The number of hydrogen-bond donors (Lipinski definition) is 1. The number of ketones is 1. The van der Waals surface area contributed by atoms with Crippen LogP contribution < -0.4 is 4.72 Å². The maximum absolute atomic E-state index is 12.8. The first-order chi connectivity index (χ1) is 17.4. The molecule has 0 saturated carbocycles. The molecule has 0 bridgehead atoms. The van der Waals surface area contributed by atoms with Gasteiger partial charge in [0.25, 0.3) is 10.0 Å². The van der Waals surface area contributed by atoms with Gasteiger partial charge in [0.1, 0.15) is 16.4 Å². The highest BCUT2D eigenvalue weighted by molar-refractivity contribution is 7.99. The zero-order chi connectivity index (χ0) is 27.4. The van der Waals surface area contributed by atoms with E-state index in [4.69, 9.17) is 23.2 Å². The van der Waals surface area contributed by atoms with Crippen LogP contribution in [-0.2, 0) is 20.0 Å². The molecule has 0 aliphatic carbocycles. The van der Waals surface area contributed by atoms with E-state index in [1.807, 2.05) is 0 Å². The molecule has 0 radical (unpaired) electrons. The van der Waals surface area contributed by atoms with Crippen LogP contribution in [0.1, 0.15) is 37.7 Å². The number of halogens is 2. The molecule has 37 heavy (non-hydrogen) atoms. The molecule has 0 spiro atoms. The van der Waals surface area contributed by atoms with E-state index in [2.05, 4.69) is 9.71 Å². The van der Waals surface area contributed by atoms with Crippen molar-refractivity contribution < 1.29 is 21.6 Å². The molecule has 3 rings (SSSR count). The van der Waals surface area contributed by atoms with E-state index in [1.165, 1.54) is 52.5 Å². The number of rotatable bonds is 11. The van der Waals surface area contributed by atoms with Gasteiger partial charge in [-0.3, -0.25) is 9.52 Å². The number of pyridine rings is 1. The minimum Gasteiger partial charge on any atom is -0.292 e. The van der Waals surface area contributed by atoms with Gasteiger partial charge in [0.15, 0.2) is 5.78 Å². The van der Waals surface area contributed by atoms with Gasteiger partial charge in [-0.05, 0) is 54.6 Å². The molecular formula is C24H25Cl2N3O5S3. The first kappa shape index (κ1) is 29.4. The van der Waals surface area contributed by atoms with E-state index in [0.717, 1.165) is 0 Å². The third-order valence-electron chi connectivity index (χ3n) is 5.26. The predicted octanol–water partition coefficient (Wildman–Crippen LogP) is 5.96. The van der Waals surface area contributed by atoms with Gasteiger partial charge in [0.2, 0.25) is 10.0 Å². The molecule has 0 aliphatic rings. The number of carbonyl (C=O) groups is 1. The molecule has 0 saturated heterocycles. The van der Waals surface area contributed by atoms with Crippen molar-refractivity contribution in [2.24, 2.45) is 0 Å². The number of Topliss-reactive ketones (excluding diaryl/α,β-unsaturated/α-hetero) is 1. The SMILES string of the molecule is CCC(=O)c1nc(NS(=O)(=O)c2ccc(Cl)cc2Cl)ccc1Sc1ccc(S(=O)(=O)N(CC)CC)cc1. The average molecular weight is 603 g/mol. The molecule has 1 aromatic heterocycles. The lowest BCUT2D eigenvalue weighted by Gasteiger charge is -2.18. The number of benzene rings is 2. The lowest BCUT2D eigenvalue weighted by Crippen LogP contribution is -2.30. The van der Waals surface area contributed by atoms with E-state index in [9.17, 15) is 21.6 Å². The zero-order valence-corrected chi connectivity index (χ0v) is 24.2. The van der Waals surface area contributed by atoms with Crippen LogP contribution in [0.15, 0.2) is 74.2 Å². The van der Waals surface area contributed by atoms with Crippen molar-refractivity contribution in [3.63, 3.8) is 0 Å². The van der Waals surface area contributed by atoms with Crippen LogP contribution in [0, 0.1) is 0 Å². The standard InChI is InChI=1S/C24H25Cl2N3O5S3/c1-4-20(30)24-21(35-17-8-10-18(11-9-17)37(33,34)29(5-2)6-3)12-14-23(27-24)28-36(31,32)22-13-7-16(25)15-19(22)26/h7-15H,4-6H2,1-3H3,(H,27,28). The summed E-state index contributed by atoms with van der Waals surface area (Å²) >= 11 is 13.1. The first-order valence-corrected chi connectivity index (χ1v) is 15.7. The van der Waals surface area contributed by atoms with Gasteiger partial charge in [0, 0.05) is 34.3 Å². The Balaban J connectivity index is 1.90. The van der Waals surface area contributed by atoms with Crippen molar-refractivity contribution in [1.82, 2.24) is 9.29 Å². The summed E-state index contributed by atoms with van der Waals surface area (Å²) in [6, 6.07) is 13.4. The molecule has 1 N–H and O–H groups in total. The molecular weight excluding hydrogens is 577 g/mol. The van der Waals surface area contributed by atoms with Crippen molar-refractivity contribution in [3.8, 4) is 0 Å². The summed E-state index contributed by atoms with van der Waals surface area (Å²) in [4.78, 5) is 18.1. The molecule has 13 heteroatoms. The number of aromatic nitrogens is 1. The summed E-state index contributed by atoms with van der Waals surface area (Å²) < 4.78 is 54.9. The third-order valence-corrected chi connectivity index (χ3v) is 10.5. The Morgan fingerprint density at radius 2 is 1.59 bits per heavy atom. The third kappa shape index (κ3) is 6.84. The van der Waals surface area contributed by atoms with Gasteiger partial charge < -0.3 is 0 Å². The van der Waals surface area contributed by atoms with Crippen LogP contribution in [0.4, 0.5) is 5.82 Å². The number of nitrogens with zero attached hydrogens (tertiary/aromatic N) is 2. The number of sulfonamides is 2. The monoisotopic (exact) mass is 601 g/mol. The number of anilines is 1. The highest BCUT2D eigenvalue weighted by Gasteiger charge is 2.23. The highest BCUT2D eigenvalue weighted by Crippen LogP contribution is 2.33. The Morgan fingerprint density at radius 1 is 0.946 bits per heavy atom. The van der Waals surface area contributed by atoms with Gasteiger partial charge in [-0.25, -0.2) is 21.8 Å². The topological polar surface area (TPSA) is 114 Å². The first-order valence-electron chi connectivity index (χ1n) is 11.2. The van der Waals surface area contributed by atoms with Gasteiger partial charge in [-0.2, -0.15) is 4.31 Å². The normalized spacial score (nSPS) is 12.1. The van der Waals surface area contributed by atoms with Gasteiger partial charge >= 0.3 is 0 Å². The van der Waals surface area contributed by atoms with Crippen molar-refractivity contribution >= 4 is 66.6 Å².